The SMILES string of the molecule is CO[C@@H](C)/C(C)=C/CC/C(C)=C/COP(=O)(O)OP(=O)(O)O. The van der Waals surface area contributed by atoms with Gasteiger partial charge in [-0.3, -0.25) is 4.52 Å². The molecule has 0 saturated carbocycles. The molecule has 22 heavy (non-hydrogen) atoms. The Hall–Kier alpha value is -0.300. The van der Waals surface area contributed by atoms with Crippen molar-refractivity contribution in [1.82, 2.24) is 0 Å². The van der Waals surface area contributed by atoms with Crippen LogP contribution in [0.2, 0.25) is 0 Å². The summed E-state index contributed by atoms with van der Waals surface area (Å²) >= 11 is 0. The van der Waals surface area contributed by atoms with Gasteiger partial charge in [0.05, 0.1) is 12.7 Å². The van der Waals surface area contributed by atoms with E-state index in [1.165, 1.54) is 0 Å². The third kappa shape index (κ3) is 11.3. The average Bonchev–Trinajstić information content (AvgIpc) is 2.34. The summed E-state index contributed by atoms with van der Waals surface area (Å²) in [7, 11) is -8.20. The maximum atomic E-state index is 11.2. The minimum Gasteiger partial charge on any atom is -0.377 e. The Balaban J connectivity index is 4.25. The van der Waals surface area contributed by atoms with Crippen molar-refractivity contribution in [2.45, 2.75) is 39.7 Å². The molecule has 0 fully saturated rings. The first-order valence-corrected chi connectivity index (χ1v) is 9.58. The highest BCUT2D eigenvalue weighted by atomic mass is 31.3. The minimum absolute atomic E-state index is 0.0534. The molecule has 0 heterocycles. The summed E-state index contributed by atoms with van der Waals surface area (Å²) in [5, 5.41) is 0. The molecule has 0 amide bonds. The molecule has 3 N–H and O–H groups in total. The third-order valence-electron chi connectivity index (χ3n) is 2.88. The van der Waals surface area contributed by atoms with Crippen LogP contribution in [0.5, 0.6) is 0 Å². The van der Waals surface area contributed by atoms with Crippen LogP contribution >= 0.6 is 15.6 Å². The van der Waals surface area contributed by atoms with E-state index in [9.17, 15) is 9.13 Å². The van der Waals surface area contributed by atoms with Gasteiger partial charge in [-0.25, -0.2) is 9.13 Å². The highest BCUT2D eigenvalue weighted by molar-refractivity contribution is 7.60. The van der Waals surface area contributed by atoms with Crippen molar-refractivity contribution in [3.8, 4) is 0 Å². The van der Waals surface area contributed by atoms with Crippen LogP contribution in [0.3, 0.4) is 0 Å². The highest BCUT2D eigenvalue weighted by Crippen LogP contribution is 2.57. The lowest BCUT2D eigenvalue weighted by Crippen LogP contribution is -2.05. The van der Waals surface area contributed by atoms with Crippen LogP contribution in [0.1, 0.15) is 33.6 Å². The molecule has 0 aliphatic rings. The summed E-state index contributed by atoms with van der Waals surface area (Å²) in [6.45, 7) is 5.45. The molecule has 0 aromatic carbocycles. The second kappa shape index (κ2) is 9.75. The standard InChI is InChI=1S/C12H24O8P2/c1-10(6-5-7-11(2)12(3)18-4)8-9-19-22(16,17)20-21(13,14)15/h7-8,12H,5-6,9H2,1-4H3,(H,16,17)(H2,13,14,15)/b10-8+,11-7+/t12-/m0/s1. The van der Waals surface area contributed by atoms with Crippen molar-refractivity contribution in [3.63, 3.8) is 0 Å². The topological polar surface area (TPSA) is 123 Å². The highest BCUT2D eigenvalue weighted by Gasteiger charge is 2.31. The van der Waals surface area contributed by atoms with Gasteiger partial charge in [0, 0.05) is 7.11 Å². The van der Waals surface area contributed by atoms with Crippen LogP contribution in [-0.4, -0.2) is 34.5 Å². The first-order valence-electron chi connectivity index (χ1n) is 6.56. The van der Waals surface area contributed by atoms with Crippen LogP contribution in [-0.2, 0) is 22.7 Å². The van der Waals surface area contributed by atoms with Gasteiger partial charge in [0.25, 0.3) is 0 Å². The van der Waals surface area contributed by atoms with E-state index in [0.29, 0.717) is 6.42 Å². The fourth-order valence-electron chi connectivity index (χ4n) is 1.41. The van der Waals surface area contributed by atoms with Crippen LogP contribution in [0.25, 0.3) is 0 Å². The maximum absolute atomic E-state index is 11.2. The van der Waals surface area contributed by atoms with Gasteiger partial charge in [-0.05, 0) is 39.2 Å². The number of phosphoric ester groups is 1. The lowest BCUT2D eigenvalue weighted by molar-refractivity contribution is 0.146. The molecule has 0 aliphatic heterocycles. The van der Waals surface area contributed by atoms with Crippen molar-refractivity contribution in [1.29, 1.82) is 0 Å². The Labute approximate surface area is 130 Å². The molecule has 2 atom stereocenters. The normalized spacial score (nSPS) is 18.1. The zero-order valence-electron chi connectivity index (χ0n) is 13.1. The fourth-order valence-corrected chi connectivity index (χ4v) is 2.94. The van der Waals surface area contributed by atoms with E-state index in [1.807, 2.05) is 26.8 Å². The van der Waals surface area contributed by atoms with E-state index in [1.54, 1.807) is 13.2 Å². The molecule has 10 heteroatoms. The summed E-state index contributed by atoms with van der Waals surface area (Å²) in [6, 6.07) is 0. The molecule has 0 saturated heterocycles. The number of rotatable bonds is 10. The Kier molecular flexibility index (Phi) is 9.62. The van der Waals surface area contributed by atoms with Gasteiger partial charge in [-0.15, -0.1) is 0 Å². The van der Waals surface area contributed by atoms with Crippen LogP contribution < -0.4 is 0 Å². The molecule has 0 aromatic rings. The predicted octanol–water partition coefficient (Wildman–Crippen LogP) is 2.92. The zero-order chi connectivity index (χ0) is 17.4. The van der Waals surface area contributed by atoms with E-state index in [2.05, 4.69) is 8.83 Å². The number of methoxy groups -OCH3 is 1. The fraction of sp³-hybridized carbons (Fsp3) is 0.667. The van der Waals surface area contributed by atoms with E-state index in [-0.39, 0.29) is 12.7 Å². The van der Waals surface area contributed by atoms with Crippen molar-refractivity contribution in [2.75, 3.05) is 13.7 Å². The number of hydrogen-bond donors (Lipinski definition) is 3. The predicted molar refractivity (Wildman–Crippen MR) is 82.1 cm³/mol. The quantitative estimate of drug-likeness (QED) is 0.402. The Morgan fingerprint density at radius 3 is 2.27 bits per heavy atom. The molecule has 0 aromatic heterocycles. The first kappa shape index (κ1) is 21.7. The van der Waals surface area contributed by atoms with Gasteiger partial charge < -0.3 is 19.4 Å². The number of allylic oxidation sites excluding steroid dienone is 2. The maximum Gasteiger partial charge on any atom is 0.481 e. The molecule has 1 unspecified atom stereocenters. The largest absolute Gasteiger partial charge is 0.481 e. The van der Waals surface area contributed by atoms with Gasteiger partial charge in [0.2, 0.25) is 0 Å². The van der Waals surface area contributed by atoms with Gasteiger partial charge in [-0.2, -0.15) is 4.31 Å². The molecule has 130 valence electrons. The molecule has 0 aliphatic carbocycles. The van der Waals surface area contributed by atoms with Gasteiger partial charge in [0.15, 0.2) is 0 Å². The Morgan fingerprint density at radius 2 is 1.77 bits per heavy atom. The lowest BCUT2D eigenvalue weighted by Gasteiger charge is -2.11. The summed E-state index contributed by atoms with van der Waals surface area (Å²) in [5.74, 6) is 0. The molecular weight excluding hydrogens is 334 g/mol. The number of ether oxygens (including phenoxy) is 1. The van der Waals surface area contributed by atoms with E-state index >= 15 is 0 Å². The van der Waals surface area contributed by atoms with Crippen LogP contribution in [0.4, 0.5) is 0 Å². The number of phosphoric acid groups is 2. The molecule has 8 nitrogen and oxygen atoms in total. The molecule has 0 bridgehead atoms. The minimum atomic E-state index is -5.07. The second-order valence-electron chi connectivity index (χ2n) is 4.75. The lowest BCUT2D eigenvalue weighted by atomic mass is 10.1. The van der Waals surface area contributed by atoms with E-state index in [4.69, 9.17) is 19.4 Å². The Bertz CT molecular complexity index is 493. The number of hydrogen-bond acceptors (Lipinski definition) is 5. The van der Waals surface area contributed by atoms with Crippen molar-refractivity contribution < 1.29 is 37.4 Å². The molecular formula is C12H24O8P2. The molecule has 0 spiro atoms. The van der Waals surface area contributed by atoms with E-state index < -0.39 is 15.6 Å². The zero-order valence-corrected chi connectivity index (χ0v) is 14.9. The van der Waals surface area contributed by atoms with Crippen LogP contribution in [0.15, 0.2) is 23.3 Å². The summed E-state index contributed by atoms with van der Waals surface area (Å²) in [4.78, 5) is 25.9. The smallest absolute Gasteiger partial charge is 0.377 e. The summed E-state index contributed by atoms with van der Waals surface area (Å²) in [6.07, 6.45) is 5.14. The molecule has 0 rings (SSSR count). The summed E-state index contributed by atoms with van der Waals surface area (Å²) in [5.41, 5.74) is 2.02. The second-order valence-corrected chi connectivity index (χ2v) is 7.58. The first-order chi connectivity index (χ1) is 9.97. The summed E-state index contributed by atoms with van der Waals surface area (Å²) < 4.78 is 34.9. The monoisotopic (exact) mass is 358 g/mol. The van der Waals surface area contributed by atoms with Crippen molar-refractivity contribution >= 4 is 15.6 Å². The van der Waals surface area contributed by atoms with E-state index in [0.717, 1.165) is 17.6 Å². The van der Waals surface area contributed by atoms with Gasteiger partial charge >= 0.3 is 15.6 Å². The average molecular weight is 358 g/mol. The third-order valence-corrected chi connectivity index (χ3v) is 5.03. The van der Waals surface area contributed by atoms with Gasteiger partial charge in [0.1, 0.15) is 0 Å². The van der Waals surface area contributed by atoms with Crippen LogP contribution in [0, 0.1) is 0 Å². The van der Waals surface area contributed by atoms with Crippen molar-refractivity contribution in [3.05, 3.63) is 23.3 Å². The molecule has 0 radical (unpaired) electrons. The van der Waals surface area contributed by atoms with Gasteiger partial charge in [-0.1, -0.05) is 17.7 Å². The van der Waals surface area contributed by atoms with Crippen molar-refractivity contribution in [2.24, 2.45) is 0 Å². The Morgan fingerprint density at radius 1 is 1.18 bits per heavy atom.